The van der Waals surface area contributed by atoms with Crippen LogP contribution in [0.25, 0.3) is 0 Å². The van der Waals surface area contributed by atoms with E-state index in [9.17, 15) is 14.9 Å². The topological polar surface area (TPSA) is 90.1 Å². The summed E-state index contributed by atoms with van der Waals surface area (Å²) in [5.74, 6) is -0.103. The minimum atomic E-state index is -0.512. The molecule has 0 unspecified atom stereocenters. The summed E-state index contributed by atoms with van der Waals surface area (Å²) in [5, 5.41) is 19.1. The number of anilines is 1. The third-order valence-electron chi connectivity index (χ3n) is 4.29. The second-order valence-corrected chi connectivity index (χ2v) is 7.05. The molecule has 0 saturated carbocycles. The van der Waals surface area contributed by atoms with Gasteiger partial charge in [-0.15, -0.1) is 0 Å². The van der Waals surface area contributed by atoms with Gasteiger partial charge in [-0.3, -0.25) is 19.6 Å². The zero-order valence-electron chi connectivity index (χ0n) is 15.1. The van der Waals surface area contributed by atoms with E-state index in [-0.39, 0.29) is 11.3 Å². The van der Waals surface area contributed by atoms with Crippen molar-refractivity contribution >= 4 is 40.6 Å². The molecule has 0 atom stereocenters. The van der Waals surface area contributed by atoms with Crippen LogP contribution >= 0.6 is 23.2 Å². The van der Waals surface area contributed by atoms with Gasteiger partial charge in [-0.1, -0.05) is 35.3 Å². The van der Waals surface area contributed by atoms with Crippen LogP contribution in [0.15, 0.2) is 42.5 Å². The Balaban J connectivity index is 1.80. The van der Waals surface area contributed by atoms with Crippen molar-refractivity contribution in [2.24, 2.45) is 0 Å². The fourth-order valence-corrected chi connectivity index (χ4v) is 3.11. The smallest absolute Gasteiger partial charge is 0.273 e. The van der Waals surface area contributed by atoms with Gasteiger partial charge in [0.25, 0.3) is 11.6 Å². The number of halogens is 2. The van der Waals surface area contributed by atoms with Crippen molar-refractivity contribution < 1.29 is 9.72 Å². The summed E-state index contributed by atoms with van der Waals surface area (Å²) in [5.41, 5.74) is 2.17. The van der Waals surface area contributed by atoms with Crippen LogP contribution in [0.4, 0.5) is 11.5 Å². The maximum Gasteiger partial charge on any atom is 0.273 e. The molecule has 9 heteroatoms. The van der Waals surface area contributed by atoms with Gasteiger partial charge in [0, 0.05) is 29.0 Å². The number of nitrogens with one attached hydrogen (secondary N) is 1. The highest BCUT2D eigenvalue weighted by Gasteiger charge is 2.19. The van der Waals surface area contributed by atoms with Crippen molar-refractivity contribution in [3.05, 3.63) is 85.0 Å². The minimum Gasteiger partial charge on any atom is -0.305 e. The van der Waals surface area contributed by atoms with Crippen LogP contribution in [-0.2, 0) is 6.54 Å². The number of aromatic nitrogens is 2. The van der Waals surface area contributed by atoms with Gasteiger partial charge in [0.05, 0.1) is 21.5 Å². The monoisotopic (exact) mass is 418 g/mol. The third kappa shape index (κ3) is 4.16. The van der Waals surface area contributed by atoms with Gasteiger partial charge in [-0.05, 0) is 37.6 Å². The molecule has 0 saturated heterocycles. The zero-order valence-corrected chi connectivity index (χ0v) is 16.6. The summed E-state index contributed by atoms with van der Waals surface area (Å²) in [4.78, 5) is 23.1. The number of hydrogen-bond acceptors (Lipinski definition) is 4. The third-order valence-corrected chi connectivity index (χ3v) is 5.02. The lowest BCUT2D eigenvalue weighted by Crippen LogP contribution is -2.15. The van der Waals surface area contributed by atoms with E-state index in [0.717, 1.165) is 11.3 Å². The summed E-state index contributed by atoms with van der Waals surface area (Å²) < 4.78 is 1.72. The van der Waals surface area contributed by atoms with Crippen molar-refractivity contribution in [1.29, 1.82) is 0 Å². The number of carbonyl (C=O) groups is 1. The van der Waals surface area contributed by atoms with E-state index in [4.69, 9.17) is 23.2 Å². The fourth-order valence-electron chi connectivity index (χ4n) is 2.79. The van der Waals surface area contributed by atoms with Gasteiger partial charge >= 0.3 is 0 Å². The van der Waals surface area contributed by atoms with Crippen LogP contribution in [0.5, 0.6) is 0 Å². The molecule has 1 heterocycles. The fraction of sp³-hybridized carbons (Fsp3) is 0.158. The summed E-state index contributed by atoms with van der Waals surface area (Å²) in [7, 11) is 0. The Morgan fingerprint density at radius 2 is 1.93 bits per heavy atom. The van der Waals surface area contributed by atoms with E-state index in [1.165, 1.54) is 18.2 Å². The molecule has 7 nitrogen and oxygen atoms in total. The van der Waals surface area contributed by atoms with Crippen molar-refractivity contribution in [3.8, 4) is 0 Å². The largest absolute Gasteiger partial charge is 0.305 e. The molecule has 0 aliphatic rings. The number of nitro groups is 1. The number of nitrogens with zero attached hydrogens (tertiary/aromatic N) is 3. The molecule has 1 aromatic heterocycles. The first kappa shape index (κ1) is 19.9. The number of hydrogen-bond donors (Lipinski definition) is 1. The number of amides is 1. The predicted octanol–water partition coefficient (Wildman–Crippen LogP) is 5.02. The molecule has 28 heavy (non-hydrogen) atoms. The molecular weight excluding hydrogens is 403 g/mol. The number of nitro benzene ring substituents is 1. The quantitative estimate of drug-likeness (QED) is 0.465. The Kier molecular flexibility index (Phi) is 5.67. The molecule has 0 radical (unpaired) electrons. The predicted molar refractivity (Wildman–Crippen MR) is 108 cm³/mol. The molecule has 0 aliphatic heterocycles. The van der Waals surface area contributed by atoms with Crippen LogP contribution in [0.2, 0.25) is 10.0 Å². The highest BCUT2D eigenvalue weighted by molar-refractivity contribution is 6.42. The second-order valence-electron chi connectivity index (χ2n) is 6.24. The average Bonchev–Trinajstić information content (AvgIpc) is 2.97. The Morgan fingerprint density at radius 1 is 1.18 bits per heavy atom. The minimum absolute atomic E-state index is 0.103. The first-order valence-electron chi connectivity index (χ1n) is 8.30. The summed E-state index contributed by atoms with van der Waals surface area (Å²) in [6, 6.07) is 11.4. The molecule has 2 aromatic carbocycles. The number of carbonyl (C=O) groups excluding carboxylic acids is 1. The lowest BCUT2D eigenvalue weighted by Gasteiger charge is -2.07. The summed E-state index contributed by atoms with van der Waals surface area (Å²) in [6.45, 7) is 3.86. The van der Waals surface area contributed by atoms with Crippen LogP contribution in [0.1, 0.15) is 27.2 Å². The maximum absolute atomic E-state index is 12.6. The molecule has 1 amide bonds. The van der Waals surface area contributed by atoms with E-state index >= 15 is 0 Å². The van der Waals surface area contributed by atoms with E-state index in [2.05, 4.69) is 10.4 Å². The standard InChI is InChI=1S/C19H16Cl2N4O3/c1-11-8-18(23-24(11)10-13-6-7-15(20)16(21)9-13)22-19(26)14-4-3-5-17(12(14)2)25(27)28/h3-9H,10H2,1-2H3,(H,22,23,26). The normalized spacial score (nSPS) is 10.7. The molecule has 0 bridgehead atoms. The molecular formula is C19H16Cl2N4O3. The molecule has 1 N–H and O–H groups in total. The number of aryl methyl sites for hydroxylation is 1. The first-order chi connectivity index (χ1) is 13.3. The summed E-state index contributed by atoms with van der Waals surface area (Å²) in [6.07, 6.45) is 0. The van der Waals surface area contributed by atoms with Gasteiger partial charge in [0.1, 0.15) is 0 Å². The van der Waals surface area contributed by atoms with Gasteiger partial charge in [-0.25, -0.2) is 0 Å². The second kappa shape index (κ2) is 8.00. The van der Waals surface area contributed by atoms with Crippen molar-refractivity contribution in [1.82, 2.24) is 9.78 Å². The van der Waals surface area contributed by atoms with Crippen LogP contribution < -0.4 is 5.32 Å². The lowest BCUT2D eigenvalue weighted by atomic mass is 10.1. The highest BCUT2D eigenvalue weighted by atomic mass is 35.5. The van der Waals surface area contributed by atoms with Crippen LogP contribution in [0, 0.1) is 24.0 Å². The van der Waals surface area contributed by atoms with Crippen molar-refractivity contribution in [2.75, 3.05) is 5.32 Å². The van der Waals surface area contributed by atoms with E-state index in [1.54, 1.807) is 29.8 Å². The molecule has 0 aliphatic carbocycles. The first-order valence-corrected chi connectivity index (χ1v) is 9.05. The number of rotatable bonds is 5. The van der Waals surface area contributed by atoms with Gasteiger partial charge in [-0.2, -0.15) is 5.10 Å². The number of benzene rings is 2. The van der Waals surface area contributed by atoms with Crippen molar-refractivity contribution in [3.63, 3.8) is 0 Å². The van der Waals surface area contributed by atoms with Crippen LogP contribution in [0.3, 0.4) is 0 Å². The Hall–Kier alpha value is -2.90. The molecule has 144 valence electrons. The van der Waals surface area contributed by atoms with E-state index in [1.807, 2.05) is 13.0 Å². The average molecular weight is 419 g/mol. The summed E-state index contributed by atoms with van der Waals surface area (Å²) >= 11 is 12.0. The Bertz CT molecular complexity index is 1080. The molecule has 3 aromatic rings. The molecule has 0 spiro atoms. The Morgan fingerprint density at radius 3 is 2.61 bits per heavy atom. The molecule has 3 rings (SSSR count). The SMILES string of the molecule is Cc1c(C(=O)Nc2cc(C)n(Cc3ccc(Cl)c(Cl)c3)n2)cccc1[N+](=O)[O-]. The highest BCUT2D eigenvalue weighted by Crippen LogP contribution is 2.24. The lowest BCUT2D eigenvalue weighted by molar-refractivity contribution is -0.385. The Labute approximate surface area is 171 Å². The molecule has 0 fully saturated rings. The maximum atomic E-state index is 12.6. The van der Waals surface area contributed by atoms with E-state index < -0.39 is 10.8 Å². The van der Waals surface area contributed by atoms with Gasteiger partial charge in [0.2, 0.25) is 0 Å². The van der Waals surface area contributed by atoms with Gasteiger partial charge in [0.15, 0.2) is 5.82 Å². The van der Waals surface area contributed by atoms with Crippen LogP contribution in [-0.4, -0.2) is 20.6 Å². The van der Waals surface area contributed by atoms with Gasteiger partial charge < -0.3 is 5.32 Å². The van der Waals surface area contributed by atoms with E-state index in [0.29, 0.717) is 28.0 Å². The van der Waals surface area contributed by atoms with Crippen molar-refractivity contribution in [2.45, 2.75) is 20.4 Å². The zero-order chi connectivity index (χ0) is 20.4.